The monoisotopic (exact) mass is 208 g/mol. The second kappa shape index (κ2) is 4.53. The minimum absolute atomic E-state index is 0.142. The average molecular weight is 208 g/mol. The molecule has 0 amide bonds. The lowest BCUT2D eigenvalue weighted by Gasteiger charge is -2.27. The normalized spacial score (nSPS) is 11.5. The van der Waals surface area contributed by atoms with Crippen molar-refractivity contribution in [2.24, 2.45) is 0 Å². The van der Waals surface area contributed by atoms with Gasteiger partial charge < -0.3 is 16.2 Å². The van der Waals surface area contributed by atoms with Crippen molar-refractivity contribution < 1.29 is 5.11 Å². The molecule has 1 aromatic carbocycles. The molecular formula is C12H20N2O. The van der Waals surface area contributed by atoms with E-state index < -0.39 is 0 Å². The van der Waals surface area contributed by atoms with Crippen molar-refractivity contribution in [1.29, 1.82) is 0 Å². The molecule has 0 unspecified atom stereocenters. The van der Waals surface area contributed by atoms with E-state index in [1.165, 1.54) is 0 Å². The second-order valence-corrected chi connectivity index (χ2v) is 4.52. The van der Waals surface area contributed by atoms with Crippen molar-refractivity contribution in [1.82, 2.24) is 0 Å². The highest BCUT2D eigenvalue weighted by Gasteiger charge is 2.17. The van der Waals surface area contributed by atoms with E-state index in [0.717, 1.165) is 16.9 Å². The zero-order valence-electron chi connectivity index (χ0n) is 9.67. The summed E-state index contributed by atoms with van der Waals surface area (Å²) in [6.07, 6.45) is 0.695. The number of hydrogen-bond acceptors (Lipinski definition) is 3. The summed E-state index contributed by atoms with van der Waals surface area (Å²) < 4.78 is 0. The third kappa shape index (κ3) is 3.13. The van der Waals surface area contributed by atoms with Crippen LogP contribution >= 0.6 is 0 Å². The molecule has 1 rings (SSSR count). The molecule has 0 radical (unpaired) electrons. The molecule has 15 heavy (non-hydrogen) atoms. The number of hydrogen-bond donors (Lipinski definition) is 3. The van der Waals surface area contributed by atoms with Gasteiger partial charge >= 0.3 is 0 Å². The molecular weight excluding hydrogens is 188 g/mol. The fourth-order valence-electron chi connectivity index (χ4n) is 1.50. The van der Waals surface area contributed by atoms with Gasteiger partial charge in [-0.3, -0.25) is 0 Å². The van der Waals surface area contributed by atoms with Gasteiger partial charge in [-0.05, 0) is 38.8 Å². The fourth-order valence-corrected chi connectivity index (χ4v) is 1.50. The van der Waals surface area contributed by atoms with Gasteiger partial charge in [0.25, 0.3) is 0 Å². The van der Waals surface area contributed by atoms with Gasteiger partial charge in [-0.1, -0.05) is 12.1 Å². The number of benzene rings is 1. The molecule has 0 aliphatic carbocycles. The van der Waals surface area contributed by atoms with Crippen LogP contribution in [0.3, 0.4) is 0 Å². The lowest BCUT2D eigenvalue weighted by Crippen LogP contribution is -2.32. The molecule has 1 aromatic rings. The van der Waals surface area contributed by atoms with Gasteiger partial charge in [0.1, 0.15) is 0 Å². The van der Waals surface area contributed by atoms with Crippen molar-refractivity contribution >= 4 is 11.4 Å². The van der Waals surface area contributed by atoms with Crippen molar-refractivity contribution in [3.05, 3.63) is 23.8 Å². The number of aliphatic hydroxyl groups excluding tert-OH is 1. The molecule has 0 spiro atoms. The molecule has 84 valence electrons. The van der Waals surface area contributed by atoms with Crippen LogP contribution in [-0.2, 0) is 0 Å². The molecule has 3 nitrogen and oxygen atoms in total. The number of aliphatic hydroxyl groups is 1. The highest BCUT2D eigenvalue weighted by atomic mass is 16.3. The van der Waals surface area contributed by atoms with E-state index >= 15 is 0 Å². The smallest absolute Gasteiger partial charge is 0.0580 e. The molecule has 4 N–H and O–H groups in total. The first-order valence-corrected chi connectivity index (χ1v) is 5.20. The number of nitrogens with two attached hydrogens (primary N) is 1. The summed E-state index contributed by atoms with van der Waals surface area (Å²) in [7, 11) is 0. The summed E-state index contributed by atoms with van der Waals surface area (Å²) in [6, 6.07) is 5.92. The van der Waals surface area contributed by atoms with Crippen molar-refractivity contribution in [2.75, 3.05) is 17.7 Å². The van der Waals surface area contributed by atoms with Crippen molar-refractivity contribution in [2.45, 2.75) is 32.7 Å². The number of nitrogen functional groups attached to an aromatic ring is 1. The van der Waals surface area contributed by atoms with Gasteiger partial charge in [0.05, 0.1) is 11.4 Å². The van der Waals surface area contributed by atoms with Crippen LogP contribution in [-0.4, -0.2) is 17.3 Å². The van der Waals surface area contributed by atoms with Crippen molar-refractivity contribution in [3.8, 4) is 0 Å². The molecule has 0 bridgehead atoms. The summed E-state index contributed by atoms with van der Waals surface area (Å²) in [4.78, 5) is 0. The third-order valence-corrected chi connectivity index (χ3v) is 2.53. The van der Waals surface area contributed by atoms with Gasteiger partial charge in [-0.2, -0.15) is 0 Å². The maximum absolute atomic E-state index is 8.93. The van der Waals surface area contributed by atoms with Crippen LogP contribution < -0.4 is 11.1 Å². The van der Waals surface area contributed by atoms with Gasteiger partial charge in [-0.25, -0.2) is 0 Å². The Hall–Kier alpha value is -1.22. The van der Waals surface area contributed by atoms with Crippen LogP contribution in [0.5, 0.6) is 0 Å². The van der Waals surface area contributed by atoms with Crippen LogP contribution in [0.25, 0.3) is 0 Å². The van der Waals surface area contributed by atoms with Crippen LogP contribution in [0, 0.1) is 6.92 Å². The SMILES string of the molecule is Cc1cccc(NC(C)(C)CCO)c1N. The van der Waals surface area contributed by atoms with Crippen molar-refractivity contribution in [3.63, 3.8) is 0 Å². The molecule has 0 aliphatic heterocycles. The Balaban J connectivity index is 2.85. The highest BCUT2D eigenvalue weighted by Crippen LogP contribution is 2.26. The topological polar surface area (TPSA) is 58.3 Å². The Morgan fingerprint density at radius 2 is 2.07 bits per heavy atom. The minimum atomic E-state index is -0.142. The molecule has 0 heterocycles. The second-order valence-electron chi connectivity index (χ2n) is 4.52. The zero-order valence-corrected chi connectivity index (χ0v) is 9.67. The number of aryl methyl sites for hydroxylation is 1. The fraction of sp³-hybridized carbons (Fsp3) is 0.500. The largest absolute Gasteiger partial charge is 0.397 e. The van der Waals surface area contributed by atoms with Gasteiger partial charge in [0.15, 0.2) is 0 Å². The first kappa shape index (κ1) is 11.9. The van der Waals surface area contributed by atoms with E-state index in [4.69, 9.17) is 10.8 Å². The van der Waals surface area contributed by atoms with Gasteiger partial charge in [-0.15, -0.1) is 0 Å². The Kier molecular flexibility index (Phi) is 3.58. The molecule has 0 saturated heterocycles. The zero-order chi connectivity index (χ0) is 11.5. The lowest BCUT2D eigenvalue weighted by atomic mass is 10.00. The average Bonchev–Trinajstić information content (AvgIpc) is 2.12. The molecule has 3 heteroatoms. The molecule has 0 aliphatic rings. The van der Waals surface area contributed by atoms with Crippen LogP contribution in [0.4, 0.5) is 11.4 Å². The highest BCUT2D eigenvalue weighted by molar-refractivity contribution is 5.70. The quantitative estimate of drug-likeness (QED) is 0.664. The van der Waals surface area contributed by atoms with E-state index in [-0.39, 0.29) is 12.1 Å². The van der Waals surface area contributed by atoms with E-state index in [2.05, 4.69) is 5.32 Å². The Labute approximate surface area is 91.3 Å². The maximum atomic E-state index is 8.93. The predicted octanol–water partition coefficient (Wildman–Crippen LogP) is 2.15. The minimum Gasteiger partial charge on any atom is -0.397 e. The molecule has 0 fully saturated rings. The summed E-state index contributed by atoms with van der Waals surface area (Å²) >= 11 is 0. The van der Waals surface area contributed by atoms with E-state index in [1.807, 2.05) is 39.0 Å². The first-order valence-electron chi connectivity index (χ1n) is 5.20. The first-order chi connectivity index (χ1) is 6.96. The summed E-state index contributed by atoms with van der Waals surface area (Å²) in [5.74, 6) is 0. The molecule has 0 saturated carbocycles. The molecule has 0 atom stereocenters. The summed E-state index contributed by atoms with van der Waals surface area (Å²) in [5.41, 5.74) is 8.61. The van der Waals surface area contributed by atoms with Gasteiger partial charge in [0, 0.05) is 12.1 Å². The van der Waals surface area contributed by atoms with Gasteiger partial charge in [0.2, 0.25) is 0 Å². The maximum Gasteiger partial charge on any atom is 0.0580 e. The summed E-state index contributed by atoms with van der Waals surface area (Å²) in [5, 5.41) is 12.3. The van der Waals surface area contributed by atoms with Crippen LogP contribution in [0.2, 0.25) is 0 Å². The lowest BCUT2D eigenvalue weighted by molar-refractivity contribution is 0.261. The Morgan fingerprint density at radius 3 is 2.67 bits per heavy atom. The van der Waals surface area contributed by atoms with Crippen LogP contribution in [0.1, 0.15) is 25.8 Å². The summed E-state index contributed by atoms with van der Waals surface area (Å²) in [6.45, 7) is 6.25. The molecule has 0 aromatic heterocycles. The number of para-hydroxylation sites is 1. The van der Waals surface area contributed by atoms with E-state index in [1.54, 1.807) is 0 Å². The number of rotatable bonds is 4. The standard InChI is InChI=1S/C12H20N2O/c1-9-5-4-6-10(11(9)13)14-12(2,3)7-8-15/h4-6,14-15H,7-8,13H2,1-3H3. The predicted molar refractivity (Wildman–Crippen MR) is 65.0 cm³/mol. The number of anilines is 2. The number of nitrogens with one attached hydrogen (secondary N) is 1. The van der Waals surface area contributed by atoms with Crippen LogP contribution in [0.15, 0.2) is 18.2 Å². The Morgan fingerprint density at radius 1 is 1.40 bits per heavy atom. The third-order valence-electron chi connectivity index (χ3n) is 2.53. The van der Waals surface area contributed by atoms with E-state index in [0.29, 0.717) is 6.42 Å². The van der Waals surface area contributed by atoms with E-state index in [9.17, 15) is 0 Å². The Bertz CT molecular complexity index is 334.